The van der Waals surface area contributed by atoms with E-state index in [1.54, 1.807) is 0 Å². The van der Waals surface area contributed by atoms with Crippen LogP contribution in [0.2, 0.25) is 0 Å². The molecular weight excluding hydrogens is 1170 g/mol. The van der Waals surface area contributed by atoms with Gasteiger partial charge in [-0.3, -0.25) is 12.2 Å². The van der Waals surface area contributed by atoms with Crippen molar-refractivity contribution in [3.8, 4) is 0 Å². The summed E-state index contributed by atoms with van der Waals surface area (Å²) in [5, 5.41) is 11.1. The monoisotopic (exact) mass is 1240 g/mol. The molecule has 0 bridgehead atoms. The number of rotatable bonds is 8. The van der Waals surface area contributed by atoms with Crippen LogP contribution < -0.4 is 0 Å². The number of hydrogen-bond donors (Lipinski definition) is 0. The molecule has 4 heteroatoms. The third-order valence-corrected chi connectivity index (χ3v) is 17.7. The SMILES string of the molecule is CC1=C(C)C(C)[C-]=C1.CC1=[C-]C(C)C=C1C.CCc1ccc2c(c1)[cH-]c1cc(CC)ccc12.CCc1ccc2c(c1)[cH-]c1cc(CC)ccc12.Cl.Cl.[Zr+2]=[C](c1ccccc1)c1ccccc1.[Zr+2]=[C](c1ccccc1)c1ccccc1. The summed E-state index contributed by atoms with van der Waals surface area (Å²) < 4.78 is 2.83. The molecule has 0 amide bonds. The maximum absolute atomic E-state index is 3.29. The fraction of sp³-hybridized carbons (Fsp3) is 0.211. The fourth-order valence-corrected chi connectivity index (χ4v) is 11.3. The van der Waals surface area contributed by atoms with Crippen LogP contribution in [0.4, 0.5) is 0 Å². The van der Waals surface area contributed by atoms with Crippen molar-refractivity contribution < 1.29 is 48.5 Å². The van der Waals surface area contributed by atoms with Crippen molar-refractivity contribution in [3.63, 3.8) is 0 Å². The number of hydrogen-bond acceptors (Lipinski definition) is 0. The van der Waals surface area contributed by atoms with Gasteiger partial charge in [0, 0.05) is 0 Å². The van der Waals surface area contributed by atoms with Crippen molar-refractivity contribution in [2.45, 2.75) is 94.9 Å². The summed E-state index contributed by atoms with van der Waals surface area (Å²) >= 11 is 2.92. The molecule has 0 aromatic heterocycles. The van der Waals surface area contributed by atoms with Gasteiger partial charge in [0.15, 0.2) is 0 Å². The molecule has 2 aliphatic carbocycles. The van der Waals surface area contributed by atoms with Gasteiger partial charge in [0.2, 0.25) is 0 Å². The molecule has 0 radical (unpaired) electrons. The van der Waals surface area contributed by atoms with Crippen LogP contribution in [0.5, 0.6) is 0 Å². The number of allylic oxidation sites excluding steroid dienone is 8. The molecule has 0 heterocycles. The maximum atomic E-state index is 3.29. The molecule has 2 aliphatic rings. The van der Waals surface area contributed by atoms with Gasteiger partial charge >= 0.3 is 198 Å². The first-order chi connectivity index (χ1) is 37.8. The molecule has 10 aromatic carbocycles. The molecular formula is C76H78Cl2Zr2. The first-order valence-corrected chi connectivity index (χ1v) is 30.4. The molecule has 2 unspecified atom stereocenters. The van der Waals surface area contributed by atoms with Crippen LogP contribution in [0.15, 0.2) is 241 Å². The number of halogens is 2. The Kier molecular flexibility index (Phi) is 26.8. The normalized spacial score (nSPS) is 13.8. The van der Waals surface area contributed by atoms with Crippen LogP contribution >= 0.6 is 24.8 Å². The molecule has 0 saturated carbocycles. The number of fused-ring (bicyclic) bond motifs is 6. The van der Waals surface area contributed by atoms with Gasteiger partial charge in [-0.15, -0.1) is 118 Å². The molecule has 404 valence electrons. The molecule has 0 fully saturated rings. The second kappa shape index (κ2) is 32.9. The van der Waals surface area contributed by atoms with Crippen LogP contribution in [0, 0.1) is 24.0 Å². The standard InChI is InChI=1S/2C17H17.2C13H10.2C8H11.2ClH.2Zr/c2*1-3-12-5-7-16-14(9-12)11-15-10-13(4-2)6-8-17(15)16;2*1-3-7-12(8-4-1)11-13-9-5-2-6-10-13;1-6-4-7(2)8(3)5-6;1-6-4-5-7(2)8(6)3;;;;/h2*5-11H,3-4H2,1-2H3;2*1-10H;4,6H,1-3H3;4,7H,1-3H3;2*1H;;/q2*-1;;;2*-1;;;2*+2. The Hall–Kier alpha value is -5.45. The average Bonchev–Trinajstić information content (AvgIpc) is 4.23. The Morgan fingerprint density at radius 1 is 0.425 bits per heavy atom. The van der Waals surface area contributed by atoms with Crippen molar-refractivity contribution in [3.05, 3.63) is 297 Å². The van der Waals surface area contributed by atoms with Gasteiger partial charge in [0.1, 0.15) is 0 Å². The number of benzene rings is 8. The molecule has 0 N–H and O–H groups in total. The molecule has 0 spiro atoms. The fourth-order valence-electron chi connectivity index (χ4n) is 9.70. The van der Waals surface area contributed by atoms with Crippen molar-refractivity contribution in [2.24, 2.45) is 11.8 Å². The second-order valence-electron chi connectivity index (χ2n) is 20.4. The molecule has 0 nitrogen and oxygen atoms in total. The van der Waals surface area contributed by atoms with Crippen LogP contribution in [-0.2, 0) is 74.2 Å². The molecule has 0 saturated heterocycles. The summed E-state index contributed by atoms with van der Waals surface area (Å²) in [5.41, 5.74) is 16.6. The third kappa shape index (κ3) is 18.0. The molecule has 2 atom stereocenters. The molecule has 10 aromatic rings. The van der Waals surface area contributed by atoms with Crippen LogP contribution in [0.3, 0.4) is 0 Å². The average molecular weight is 1240 g/mol. The van der Waals surface area contributed by atoms with Crippen molar-refractivity contribution in [2.75, 3.05) is 0 Å². The summed E-state index contributed by atoms with van der Waals surface area (Å²) in [5.74, 6) is 1.12. The topological polar surface area (TPSA) is 0 Å². The van der Waals surface area contributed by atoms with E-state index in [2.05, 4.69) is 300 Å². The van der Waals surface area contributed by atoms with E-state index < -0.39 is 0 Å². The van der Waals surface area contributed by atoms with Crippen LogP contribution in [0.1, 0.15) is 114 Å². The third-order valence-electron chi connectivity index (χ3n) is 14.9. The van der Waals surface area contributed by atoms with Crippen LogP contribution in [0.25, 0.3) is 43.1 Å². The Bertz CT molecular complexity index is 3270. The summed E-state index contributed by atoms with van der Waals surface area (Å²) in [7, 11) is 0. The quantitative estimate of drug-likeness (QED) is 0.133. The Morgan fingerprint density at radius 2 is 0.713 bits per heavy atom. The molecule has 12 rings (SSSR count). The zero-order valence-corrected chi connectivity index (χ0v) is 55.1. The summed E-state index contributed by atoms with van der Waals surface area (Å²) in [4.78, 5) is 0. The summed E-state index contributed by atoms with van der Waals surface area (Å²) in [6.07, 6.45) is 15.2. The van der Waals surface area contributed by atoms with E-state index in [9.17, 15) is 0 Å². The van der Waals surface area contributed by atoms with Crippen molar-refractivity contribution in [1.29, 1.82) is 0 Å². The Balaban J connectivity index is 0.000000179. The van der Waals surface area contributed by atoms with E-state index in [-0.39, 0.29) is 24.8 Å². The zero-order valence-electron chi connectivity index (χ0n) is 48.6. The Labute approximate surface area is 522 Å². The molecule has 0 aliphatic heterocycles. The van der Waals surface area contributed by atoms with Crippen molar-refractivity contribution >= 4 is 74.3 Å². The van der Waals surface area contributed by atoms with Gasteiger partial charge in [-0.1, -0.05) is 138 Å². The van der Waals surface area contributed by atoms with Gasteiger partial charge in [-0.2, -0.15) is 11.6 Å². The second-order valence-corrected chi connectivity index (χ2v) is 22.9. The van der Waals surface area contributed by atoms with E-state index >= 15 is 0 Å². The van der Waals surface area contributed by atoms with Crippen molar-refractivity contribution in [1.82, 2.24) is 0 Å². The Morgan fingerprint density at radius 3 is 0.887 bits per heavy atom. The van der Waals surface area contributed by atoms with Gasteiger partial charge in [-0.05, 0) is 25.7 Å². The van der Waals surface area contributed by atoms with E-state index in [0.29, 0.717) is 11.8 Å². The van der Waals surface area contributed by atoms with E-state index in [1.807, 2.05) is 0 Å². The minimum atomic E-state index is 0. The van der Waals surface area contributed by atoms with Gasteiger partial charge in [-0.25, -0.2) is 22.8 Å². The predicted octanol–water partition coefficient (Wildman–Crippen LogP) is 20.8. The summed E-state index contributed by atoms with van der Waals surface area (Å²) in [6, 6.07) is 74.2. The van der Waals surface area contributed by atoms with Gasteiger partial charge < -0.3 is 0 Å². The zero-order chi connectivity index (χ0) is 55.6. The first kappa shape index (κ1) is 65.4. The van der Waals surface area contributed by atoms with E-state index in [4.69, 9.17) is 0 Å². The summed E-state index contributed by atoms with van der Waals surface area (Å²) in [6.45, 7) is 21.7. The number of aryl methyl sites for hydroxylation is 4. The van der Waals surface area contributed by atoms with E-state index in [1.165, 1.54) is 165 Å². The molecule has 80 heavy (non-hydrogen) atoms. The van der Waals surface area contributed by atoms with Gasteiger partial charge in [0.25, 0.3) is 0 Å². The van der Waals surface area contributed by atoms with Crippen LogP contribution in [-0.4, -0.2) is 6.41 Å². The van der Waals surface area contributed by atoms with Gasteiger partial charge in [0.05, 0.1) is 0 Å². The predicted molar refractivity (Wildman–Crippen MR) is 349 cm³/mol. The minimum absolute atomic E-state index is 0. The van der Waals surface area contributed by atoms with E-state index in [0.717, 1.165) is 25.7 Å². The first-order valence-electron chi connectivity index (χ1n) is 28.0.